The molecule has 2 fully saturated rings. The highest BCUT2D eigenvalue weighted by molar-refractivity contribution is 5.98. The van der Waals surface area contributed by atoms with Gasteiger partial charge in [0.25, 0.3) is 0 Å². The lowest BCUT2D eigenvalue weighted by Gasteiger charge is -2.53. The van der Waals surface area contributed by atoms with Crippen LogP contribution in [0.1, 0.15) is 46.5 Å². The zero-order valence-corrected chi connectivity index (χ0v) is 12.7. The van der Waals surface area contributed by atoms with Crippen molar-refractivity contribution in [2.75, 3.05) is 7.11 Å². The van der Waals surface area contributed by atoms with E-state index >= 15 is 0 Å². The van der Waals surface area contributed by atoms with Crippen LogP contribution in [0.2, 0.25) is 0 Å². The van der Waals surface area contributed by atoms with E-state index in [1.807, 2.05) is 6.92 Å². The van der Waals surface area contributed by atoms with Crippen molar-refractivity contribution in [1.29, 1.82) is 0 Å². The monoisotopic (exact) mass is 277 g/mol. The van der Waals surface area contributed by atoms with Crippen molar-refractivity contribution in [3.63, 3.8) is 0 Å². The Labute approximate surface area is 119 Å². The van der Waals surface area contributed by atoms with Gasteiger partial charge in [0.05, 0.1) is 0 Å². The van der Waals surface area contributed by atoms with Crippen molar-refractivity contribution < 1.29 is 14.3 Å². The predicted octanol–water partition coefficient (Wildman–Crippen LogP) is 2.19. The molecule has 20 heavy (non-hydrogen) atoms. The Morgan fingerprint density at radius 1 is 1.35 bits per heavy atom. The van der Waals surface area contributed by atoms with Crippen molar-refractivity contribution in [3.05, 3.63) is 11.1 Å². The molecular formula is C16H23NO3. The van der Waals surface area contributed by atoms with Gasteiger partial charge < -0.3 is 10.1 Å². The van der Waals surface area contributed by atoms with Crippen LogP contribution in [0.4, 0.5) is 0 Å². The van der Waals surface area contributed by atoms with Crippen LogP contribution in [0, 0.1) is 17.3 Å². The summed E-state index contributed by atoms with van der Waals surface area (Å²) < 4.78 is 5.68. The smallest absolute Gasteiger partial charge is 0.249 e. The molecule has 0 aromatic carbocycles. The largest absolute Gasteiger partial charge is 0.355 e. The molecule has 1 N–H and O–H groups in total. The van der Waals surface area contributed by atoms with Crippen LogP contribution < -0.4 is 5.32 Å². The molecule has 0 saturated heterocycles. The molecule has 3 aliphatic rings. The minimum absolute atomic E-state index is 0.0128. The molecule has 0 aromatic heterocycles. The van der Waals surface area contributed by atoms with Crippen LogP contribution in [0.5, 0.6) is 0 Å². The summed E-state index contributed by atoms with van der Waals surface area (Å²) in [6.45, 7) is 6.31. The van der Waals surface area contributed by atoms with E-state index < -0.39 is 5.72 Å². The molecule has 0 radical (unpaired) electrons. The van der Waals surface area contributed by atoms with Gasteiger partial charge in [-0.2, -0.15) is 0 Å². The fraction of sp³-hybridized carbons (Fsp3) is 0.750. The minimum atomic E-state index is -0.738. The molecule has 1 heterocycles. The average molecular weight is 277 g/mol. The molecule has 4 heteroatoms. The van der Waals surface area contributed by atoms with Crippen LogP contribution >= 0.6 is 0 Å². The third-order valence-electron chi connectivity index (χ3n) is 6.13. The number of carbonyl (C=O) groups excluding carboxylic acids is 2. The Balaban J connectivity index is 2.08. The van der Waals surface area contributed by atoms with Gasteiger partial charge in [-0.15, -0.1) is 0 Å². The van der Waals surface area contributed by atoms with E-state index in [-0.39, 0.29) is 17.2 Å². The molecule has 3 rings (SSSR count). The molecule has 1 unspecified atom stereocenters. The normalized spacial score (nSPS) is 44.2. The summed E-state index contributed by atoms with van der Waals surface area (Å²) in [7, 11) is 1.62. The Bertz CT molecular complexity index is 524. The summed E-state index contributed by atoms with van der Waals surface area (Å²) in [4.78, 5) is 24.4. The molecule has 4 atom stereocenters. The Kier molecular flexibility index (Phi) is 2.88. The molecular weight excluding hydrogens is 254 g/mol. The number of ether oxygens (including phenoxy) is 1. The highest BCUT2D eigenvalue weighted by Gasteiger charge is 2.59. The van der Waals surface area contributed by atoms with Gasteiger partial charge in [0.1, 0.15) is 5.78 Å². The molecule has 0 bridgehead atoms. The third-order valence-corrected chi connectivity index (χ3v) is 6.13. The topological polar surface area (TPSA) is 55.4 Å². The maximum atomic E-state index is 12.4. The fourth-order valence-corrected chi connectivity index (χ4v) is 4.39. The number of amides is 1. The zero-order valence-electron chi connectivity index (χ0n) is 12.7. The average Bonchev–Trinajstić information content (AvgIpc) is 2.66. The van der Waals surface area contributed by atoms with Crippen LogP contribution in [0.15, 0.2) is 11.1 Å². The van der Waals surface area contributed by atoms with Crippen LogP contribution in [-0.4, -0.2) is 24.5 Å². The number of hydrogen-bond donors (Lipinski definition) is 1. The predicted molar refractivity (Wildman–Crippen MR) is 74.8 cm³/mol. The lowest BCUT2D eigenvalue weighted by Crippen LogP contribution is -2.58. The van der Waals surface area contributed by atoms with Crippen molar-refractivity contribution in [2.24, 2.45) is 17.3 Å². The first-order chi connectivity index (χ1) is 9.34. The quantitative estimate of drug-likeness (QED) is 0.799. The second-order valence-electron chi connectivity index (χ2n) is 6.93. The number of carbonyl (C=O) groups is 2. The number of ketones is 1. The van der Waals surface area contributed by atoms with Crippen LogP contribution in [-0.2, 0) is 14.3 Å². The van der Waals surface area contributed by atoms with Gasteiger partial charge >= 0.3 is 0 Å². The molecule has 2 saturated carbocycles. The van der Waals surface area contributed by atoms with Crippen LogP contribution in [0.25, 0.3) is 0 Å². The zero-order chi connectivity index (χ0) is 14.7. The fourth-order valence-electron chi connectivity index (χ4n) is 4.39. The first kappa shape index (κ1) is 13.8. The van der Waals surface area contributed by atoms with E-state index in [4.69, 9.17) is 4.74 Å². The van der Waals surface area contributed by atoms with Gasteiger partial charge in [-0.1, -0.05) is 13.8 Å². The minimum Gasteiger partial charge on any atom is -0.355 e. The molecule has 110 valence electrons. The van der Waals surface area contributed by atoms with E-state index in [1.54, 1.807) is 7.11 Å². The van der Waals surface area contributed by atoms with Crippen molar-refractivity contribution in [2.45, 2.75) is 52.2 Å². The number of nitrogens with one attached hydrogen (secondary N) is 1. The van der Waals surface area contributed by atoms with E-state index in [0.717, 1.165) is 24.0 Å². The third kappa shape index (κ3) is 1.57. The SMILES string of the molecule is CO[C@@]12CC3C(=O)CC[C@H](C)[C@@]3(C)CC1=C(C)C(=O)N2. The Morgan fingerprint density at radius 3 is 2.70 bits per heavy atom. The summed E-state index contributed by atoms with van der Waals surface area (Å²) in [5.41, 5.74) is 1.06. The second-order valence-corrected chi connectivity index (χ2v) is 6.93. The standard InChI is InChI=1S/C16H23NO3/c1-9-5-6-13(18)12-8-16(20-4)11(7-15(9,12)3)10(2)14(19)17-16/h9,12H,5-8H2,1-4H3,(H,17,19)/t9-,12?,15+,16-/m0/s1. The number of fused-ring (bicyclic) bond motifs is 2. The van der Waals surface area contributed by atoms with Gasteiger partial charge in [0, 0.05) is 31.4 Å². The van der Waals surface area contributed by atoms with Gasteiger partial charge in [-0.3, -0.25) is 9.59 Å². The number of methoxy groups -OCH3 is 1. The maximum Gasteiger partial charge on any atom is 0.249 e. The maximum absolute atomic E-state index is 12.4. The lowest BCUT2D eigenvalue weighted by atomic mass is 9.53. The second kappa shape index (κ2) is 4.17. The summed E-state index contributed by atoms with van der Waals surface area (Å²) in [5.74, 6) is 0.765. The summed E-state index contributed by atoms with van der Waals surface area (Å²) >= 11 is 0. The number of Topliss-reactive ketones (excluding diaryl/α,β-unsaturated/α-hetero) is 1. The van der Waals surface area contributed by atoms with Gasteiger partial charge in [-0.05, 0) is 36.7 Å². The van der Waals surface area contributed by atoms with Crippen LogP contribution in [0.3, 0.4) is 0 Å². The van der Waals surface area contributed by atoms with Gasteiger partial charge in [0.2, 0.25) is 5.91 Å². The first-order valence-corrected chi connectivity index (χ1v) is 7.44. The van der Waals surface area contributed by atoms with E-state index in [1.165, 1.54) is 0 Å². The molecule has 2 aliphatic carbocycles. The molecule has 1 aliphatic heterocycles. The Morgan fingerprint density at radius 2 is 2.05 bits per heavy atom. The summed E-state index contributed by atoms with van der Waals surface area (Å²) in [6.07, 6.45) is 2.98. The highest BCUT2D eigenvalue weighted by Crippen LogP contribution is 2.57. The highest BCUT2D eigenvalue weighted by atomic mass is 16.5. The summed E-state index contributed by atoms with van der Waals surface area (Å²) in [5, 5.41) is 2.97. The van der Waals surface area contributed by atoms with Gasteiger partial charge in [0.15, 0.2) is 5.72 Å². The van der Waals surface area contributed by atoms with E-state index in [2.05, 4.69) is 19.2 Å². The van der Waals surface area contributed by atoms with Crippen molar-refractivity contribution in [3.8, 4) is 0 Å². The summed E-state index contributed by atoms with van der Waals surface area (Å²) in [6, 6.07) is 0. The van der Waals surface area contributed by atoms with E-state index in [9.17, 15) is 9.59 Å². The van der Waals surface area contributed by atoms with E-state index in [0.29, 0.717) is 24.5 Å². The van der Waals surface area contributed by atoms with Crippen molar-refractivity contribution in [1.82, 2.24) is 5.32 Å². The Hall–Kier alpha value is -1.16. The number of rotatable bonds is 1. The first-order valence-electron chi connectivity index (χ1n) is 7.44. The molecule has 4 nitrogen and oxygen atoms in total. The number of hydrogen-bond acceptors (Lipinski definition) is 3. The molecule has 0 aromatic rings. The van der Waals surface area contributed by atoms with Gasteiger partial charge in [-0.25, -0.2) is 0 Å². The molecule has 0 spiro atoms. The van der Waals surface area contributed by atoms with Crippen molar-refractivity contribution >= 4 is 11.7 Å². The lowest BCUT2D eigenvalue weighted by molar-refractivity contribution is -0.147. The molecule has 1 amide bonds.